The smallest absolute Gasteiger partial charge is 0.165 e. The summed E-state index contributed by atoms with van der Waals surface area (Å²) in [7, 11) is 0. The second kappa shape index (κ2) is 4.88. The number of hydrogen-bond acceptors (Lipinski definition) is 2. The van der Waals surface area contributed by atoms with Crippen molar-refractivity contribution in [1.29, 1.82) is 0 Å². The summed E-state index contributed by atoms with van der Waals surface area (Å²) >= 11 is 0. The second-order valence-corrected chi connectivity index (χ2v) is 3.91. The predicted molar refractivity (Wildman–Crippen MR) is 65.6 cm³/mol. The van der Waals surface area contributed by atoms with Gasteiger partial charge < -0.3 is 0 Å². The summed E-state index contributed by atoms with van der Waals surface area (Å²) in [5.74, 6) is 0.200. The minimum absolute atomic E-state index is 0.200. The summed E-state index contributed by atoms with van der Waals surface area (Å²) < 4.78 is 0. The van der Waals surface area contributed by atoms with Gasteiger partial charge in [-0.1, -0.05) is 31.5 Å². The van der Waals surface area contributed by atoms with E-state index in [1.165, 1.54) is 0 Å². The van der Waals surface area contributed by atoms with Gasteiger partial charge in [0.15, 0.2) is 5.78 Å². The number of unbranched alkanes of at least 4 members (excludes halogenated alkanes) is 1. The first-order chi connectivity index (χ1) is 7.83. The number of rotatable bonds is 4. The molecule has 0 radical (unpaired) electrons. The summed E-state index contributed by atoms with van der Waals surface area (Å²) in [5.41, 5.74) is 1.58. The predicted octanol–water partition coefficient (Wildman–Crippen LogP) is 3.61. The van der Waals surface area contributed by atoms with Gasteiger partial charge in [0.1, 0.15) is 0 Å². The maximum atomic E-state index is 12.0. The number of hydrogen-bond donors (Lipinski definition) is 0. The molecule has 0 bridgehead atoms. The molecule has 0 aliphatic heterocycles. The molecule has 0 fully saturated rings. The Morgan fingerprint density at radius 3 is 2.88 bits per heavy atom. The molecule has 0 saturated heterocycles. The molecule has 1 aromatic carbocycles. The third kappa shape index (κ3) is 2.11. The van der Waals surface area contributed by atoms with Crippen LogP contribution >= 0.6 is 0 Å². The second-order valence-electron chi connectivity index (χ2n) is 3.91. The number of nitrogens with zero attached hydrogens (tertiary/aromatic N) is 1. The van der Waals surface area contributed by atoms with E-state index in [0.717, 1.165) is 29.3 Å². The summed E-state index contributed by atoms with van der Waals surface area (Å²) in [5, 5.41) is 1.03. The van der Waals surface area contributed by atoms with Crippen LogP contribution in [-0.2, 0) is 0 Å². The number of aromatic nitrogens is 1. The summed E-state index contributed by atoms with van der Waals surface area (Å²) in [4.78, 5) is 16.3. The Hall–Kier alpha value is -1.70. The molecular weight excluding hydrogens is 198 g/mol. The summed E-state index contributed by atoms with van der Waals surface area (Å²) in [6.45, 7) is 2.09. The van der Waals surface area contributed by atoms with E-state index in [2.05, 4.69) is 11.9 Å². The highest BCUT2D eigenvalue weighted by molar-refractivity contribution is 6.06. The van der Waals surface area contributed by atoms with Gasteiger partial charge in [-0.2, -0.15) is 0 Å². The third-order valence-corrected chi connectivity index (χ3v) is 2.69. The van der Waals surface area contributed by atoms with Crippen molar-refractivity contribution in [3.05, 3.63) is 42.1 Å². The minimum Gasteiger partial charge on any atom is -0.294 e. The Labute approximate surface area is 95.3 Å². The molecule has 1 heterocycles. The molecule has 0 spiro atoms. The largest absolute Gasteiger partial charge is 0.294 e. The number of carbonyl (C=O) groups is 1. The molecular formula is C14H15NO. The van der Waals surface area contributed by atoms with Crippen LogP contribution in [0.5, 0.6) is 0 Å². The minimum atomic E-state index is 0.200. The maximum Gasteiger partial charge on any atom is 0.165 e. The third-order valence-electron chi connectivity index (χ3n) is 2.69. The van der Waals surface area contributed by atoms with Crippen LogP contribution in [0.1, 0.15) is 36.5 Å². The highest BCUT2D eigenvalue weighted by Gasteiger charge is 2.09. The van der Waals surface area contributed by atoms with E-state index in [1.807, 2.05) is 30.3 Å². The zero-order valence-electron chi connectivity index (χ0n) is 9.44. The normalized spacial score (nSPS) is 10.6. The number of benzene rings is 1. The van der Waals surface area contributed by atoms with Crippen LogP contribution < -0.4 is 0 Å². The Morgan fingerprint density at radius 1 is 1.25 bits per heavy atom. The van der Waals surface area contributed by atoms with E-state index < -0.39 is 0 Å². The van der Waals surface area contributed by atoms with Gasteiger partial charge >= 0.3 is 0 Å². The van der Waals surface area contributed by atoms with E-state index in [0.29, 0.717) is 6.42 Å². The molecule has 2 nitrogen and oxygen atoms in total. The molecule has 0 saturated carbocycles. The summed E-state index contributed by atoms with van der Waals surface area (Å²) in [6.07, 6.45) is 4.34. The standard InChI is InChI=1S/C14H15NO/c1-2-3-9-13(16)12-8-4-6-11-7-5-10-15-14(11)12/h4-8,10H,2-3,9H2,1H3. The average Bonchev–Trinajstić information content (AvgIpc) is 2.35. The average molecular weight is 213 g/mol. The van der Waals surface area contributed by atoms with Crippen LogP contribution in [0.4, 0.5) is 0 Å². The van der Waals surface area contributed by atoms with Crippen molar-refractivity contribution in [1.82, 2.24) is 4.98 Å². The fourth-order valence-electron chi connectivity index (χ4n) is 1.80. The van der Waals surface area contributed by atoms with Crippen molar-refractivity contribution in [3.8, 4) is 0 Å². The van der Waals surface area contributed by atoms with Gasteiger partial charge in [-0.25, -0.2) is 0 Å². The molecule has 2 heteroatoms. The molecule has 16 heavy (non-hydrogen) atoms. The number of ketones is 1. The SMILES string of the molecule is CCCCC(=O)c1cccc2cccnc12. The van der Waals surface area contributed by atoms with E-state index in [1.54, 1.807) is 6.20 Å². The van der Waals surface area contributed by atoms with Crippen LogP contribution in [0.3, 0.4) is 0 Å². The Bertz CT molecular complexity index is 500. The van der Waals surface area contributed by atoms with E-state index >= 15 is 0 Å². The highest BCUT2D eigenvalue weighted by Crippen LogP contribution is 2.18. The fourth-order valence-corrected chi connectivity index (χ4v) is 1.80. The molecule has 0 N–H and O–H groups in total. The lowest BCUT2D eigenvalue weighted by Crippen LogP contribution is -2.00. The van der Waals surface area contributed by atoms with E-state index in [4.69, 9.17) is 0 Å². The monoisotopic (exact) mass is 213 g/mol. The van der Waals surface area contributed by atoms with Crippen molar-refractivity contribution in [2.75, 3.05) is 0 Å². The van der Waals surface area contributed by atoms with Gasteiger partial charge in [-0.3, -0.25) is 9.78 Å². The molecule has 0 aliphatic carbocycles. The molecule has 2 rings (SSSR count). The number of Topliss-reactive ketones (excluding diaryl/α,β-unsaturated/α-hetero) is 1. The number of para-hydroxylation sites is 1. The van der Waals surface area contributed by atoms with Crippen molar-refractivity contribution in [3.63, 3.8) is 0 Å². The topological polar surface area (TPSA) is 30.0 Å². The van der Waals surface area contributed by atoms with Gasteiger partial charge in [0.25, 0.3) is 0 Å². The van der Waals surface area contributed by atoms with E-state index in [-0.39, 0.29) is 5.78 Å². The van der Waals surface area contributed by atoms with Crippen molar-refractivity contribution in [2.24, 2.45) is 0 Å². The highest BCUT2D eigenvalue weighted by atomic mass is 16.1. The first-order valence-corrected chi connectivity index (χ1v) is 5.70. The number of fused-ring (bicyclic) bond motifs is 1. The van der Waals surface area contributed by atoms with Crippen LogP contribution in [0.2, 0.25) is 0 Å². The zero-order chi connectivity index (χ0) is 11.4. The van der Waals surface area contributed by atoms with Crippen LogP contribution in [0, 0.1) is 0 Å². The molecule has 0 atom stereocenters. The van der Waals surface area contributed by atoms with Gasteiger partial charge in [0.2, 0.25) is 0 Å². The first-order valence-electron chi connectivity index (χ1n) is 5.70. The van der Waals surface area contributed by atoms with Gasteiger partial charge in [-0.15, -0.1) is 0 Å². The summed E-state index contributed by atoms with van der Waals surface area (Å²) in [6, 6.07) is 9.65. The Kier molecular flexibility index (Phi) is 3.30. The first kappa shape index (κ1) is 10.8. The molecule has 0 unspecified atom stereocenters. The number of carbonyl (C=O) groups excluding carboxylic acids is 1. The number of pyridine rings is 1. The molecule has 0 amide bonds. The quantitative estimate of drug-likeness (QED) is 0.726. The van der Waals surface area contributed by atoms with Crippen molar-refractivity contribution < 1.29 is 4.79 Å². The Balaban J connectivity index is 2.40. The molecule has 82 valence electrons. The Morgan fingerprint density at radius 2 is 2.06 bits per heavy atom. The molecule has 2 aromatic rings. The molecule has 0 aliphatic rings. The van der Waals surface area contributed by atoms with Gasteiger partial charge in [-0.05, 0) is 18.6 Å². The van der Waals surface area contributed by atoms with Crippen molar-refractivity contribution >= 4 is 16.7 Å². The van der Waals surface area contributed by atoms with Gasteiger partial charge in [0, 0.05) is 23.6 Å². The van der Waals surface area contributed by atoms with Crippen LogP contribution in [0.25, 0.3) is 10.9 Å². The van der Waals surface area contributed by atoms with Crippen LogP contribution in [-0.4, -0.2) is 10.8 Å². The lowest BCUT2D eigenvalue weighted by atomic mass is 10.0. The fraction of sp³-hybridized carbons (Fsp3) is 0.286. The van der Waals surface area contributed by atoms with Crippen molar-refractivity contribution in [2.45, 2.75) is 26.2 Å². The maximum absolute atomic E-state index is 12.0. The van der Waals surface area contributed by atoms with Gasteiger partial charge in [0.05, 0.1) is 5.52 Å². The lowest BCUT2D eigenvalue weighted by Gasteiger charge is -2.03. The molecule has 1 aromatic heterocycles. The van der Waals surface area contributed by atoms with Crippen LogP contribution in [0.15, 0.2) is 36.5 Å². The zero-order valence-corrected chi connectivity index (χ0v) is 9.44. The lowest BCUT2D eigenvalue weighted by molar-refractivity contribution is 0.0981. The van der Waals surface area contributed by atoms with E-state index in [9.17, 15) is 4.79 Å².